The van der Waals surface area contributed by atoms with Crippen LogP contribution >= 0.6 is 11.6 Å². The van der Waals surface area contributed by atoms with Crippen LogP contribution < -0.4 is 0 Å². The van der Waals surface area contributed by atoms with E-state index in [0.717, 1.165) is 17.5 Å². The Morgan fingerprint density at radius 3 is 1.61 bits per heavy atom. The van der Waals surface area contributed by atoms with Crippen LogP contribution in [0.2, 0.25) is 0 Å². The van der Waals surface area contributed by atoms with E-state index >= 15 is 0 Å². The Kier molecular flexibility index (Phi) is 2.89. The van der Waals surface area contributed by atoms with Gasteiger partial charge in [0.05, 0.1) is 0 Å². The van der Waals surface area contributed by atoms with Gasteiger partial charge in [-0.1, -0.05) is 60.7 Å². The molecule has 1 nitrogen and oxygen atoms in total. The van der Waals surface area contributed by atoms with Crippen molar-refractivity contribution in [3.05, 3.63) is 71.8 Å². The summed E-state index contributed by atoms with van der Waals surface area (Å²) in [5, 5.41) is 11.2. The lowest BCUT2D eigenvalue weighted by Crippen LogP contribution is -2.30. The third-order valence-corrected chi connectivity index (χ3v) is 4.16. The predicted molar refractivity (Wildman–Crippen MR) is 73.6 cm³/mol. The van der Waals surface area contributed by atoms with E-state index in [1.807, 2.05) is 60.7 Å². The van der Waals surface area contributed by atoms with Crippen LogP contribution in [0.5, 0.6) is 0 Å². The first-order chi connectivity index (χ1) is 8.73. The zero-order valence-corrected chi connectivity index (χ0v) is 10.7. The molecule has 0 bridgehead atoms. The Morgan fingerprint density at radius 1 is 0.889 bits per heavy atom. The van der Waals surface area contributed by atoms with Gasteiger partial charge in [0.1, 0.15) is 5.60 Å². The quantitative estimate of drug-likeness (QED) is 0.835. The first-order valence-electron chi connectivity index (χ1n) is 6.20. The van der Waals surface area contributed by atoms with Gasteiger partial charge in [-0.15, -0.1) is 11.6 Å². The van der Waals surface area contributed by atoms with Crippen LogP contribution in [0, 0.1) is 5.92 Å². The lowest BCUT2D eigenvalue weighted by atomic mass is 9.82. The van der Waals surface area contributed by atoms with Gasteiger partial charge in [-0.05, 0) is 17.5 Å². The maximum atomic E-state index is 11.2. The van der Waals surface area contributed by atoms with E-state index in [4.69, 9.17) is 11.6 Å². The Bertz CT molecular complexity index is 484. The first kappa shape index (κ1) is 11.8. The molecule has 0 spiro atoms. The smallest absolute Gasteiger partial charge is 0.119 e. The Labute approximate surface area is 112 Å². The van der Waals surface area contributed by atoms with Gasteiger partial charge >= 0.3 is 0 Å². The minimum absolute atomic E-state index is 0.0652. The summed E-state index contributed by atoms with van der Waals surface area (Å²) in [6.07, 6.45) is 0.863. The zero-order valence-electron chi connectivity index (χ0n) is 9.96. The lowest BCUT2D eigenvalue weighted by Gasteiger charge is -2.29. The van der Waals surface area contributed by atoms with Gasteiger partial charge in [0.15, 0.2) is 0 Å². The maximum Gasteiger partial charge on any atom is 0.119 e. The number of benzene rings is 2. The Balaban J connectivity index is 2.11. The summed E-state index contributed by atoms with van der Waals surface area (Å²) in [5.41, 5.74) is 0.878. The molecule has 0 radical (unpaired) electrons. The van der Waals surface area contributed by atoms with E-state index in [-0.39, 0.29) is 11.3 Å². The largest absolute Gasteiger partial charge is 0.380 e. The van der Waals surface area contributed by atoms with Crippen molar-refractivity contribution in [2.75, 3.05) is 0 Å². The predicted octanol–water partition coefficient (Wildman–Crippen LogP) is 3.55. The molecule has 1 fully saturated rings. The van der Waals surface area contributed by atoms with E-state index in [1.54, 1.807) is 0 Å². The van der Waals surface area contributed by atoms with Gasteiger partial charge in [-0.25, -0.2) is 0 Å². The van der Waals surface area contributed by atoms with Crippen molar-refractivity contribution in [2.45, 2.75) is 17.4 Å². The van der Waals surface area contributed by atoms with Crippen molar-refractivity contribution in [3.8, 4) is 0 Å². The van der Waals surface area contributed by atoms with E-state index in [1.165, 1.54) is 0 Å². The Morgan fingerprint density at radius 2 is 1.28 bits per heavy atom. The number of hydrogen-bond donors (Lipinski definition) is 1. The summed E-state index contributed by atoms with van der Waals surface area (Å²) < 4.78 is 0. The van der Waals surface area contributed by atoms with Crippen LogP contribution in [0.15, 0.2) is 60.7 Å². The molecule has 1 aliphatic carbocycles. The highest BCUT2D eigenvalue weighted by molar-refractivity contribution is 6.22. The molecule has 1 saturated carbocycles. The molecule has 0 aromatic heterocycles. The van der Waals surface area contributed by atoms with Crippen molar-refractivity contribution in [1.29, 1.82) is 0 Å². The SMILES string of the molecule is OC(c1ccccc1)(c1ccccc1)C1CC1Cl. The molecular weight excluding hydrogens is 244 g/mol. The fourth-order valence-corrected chi connectivity index (χ4v) is 2.95. The van der Waals surface area contributed by atoms with Crippen LogP contribution in [0.1, 0.15) is 17.5 Å². The second-order valence-electron chi connectivity index (χ2n) is 4.86. The molecule has 2 aromatic rings. The minimum Gasteiger partial charge on any atom is -0.380 e. The molecule has 0 aliphatic heterocycles. The molecule has 2 aromatic carbocycles. The van der Waals surface area contributed by atoms with Gasteiger partial charge < -0.3 is 5.11 Å². The lowest BCUT2D eigenvalue weighted by molar-refractivity contribution is 0.0569. The molecule has 2 unspecified atom stereocenters. The van der Waals surface area contributed by atoms with Crippen LogP contribution in [-0.4, -0.2) is 10.5 Å². The van der Waals surface area contributed by atoms with Gasteiger partial charge in [0.2, 0.25) is 0 Å². The average Bonchev–Trinajstić information content (AvgIpc) is 3.17. The van der Waals surface area contributed by atoms with Crippen LogP contribution in [0.25, 0.3) is 0 Å². The van der Waals surface area contributed by atoms with Gasteiger partial charge in [-0.2, -0.15) is 0 Å². The van der Waals surface area contributed by atoms with Gasteiger partial charge in [0, 0.05) is 11.3 Å². The van der Waals surface area contributed by atoms with E-state index in [2.05, 4.69) is 0 Å². The van der Waals surface area contributed by atoms with Crippen LogP contribution in [0.4, 0.5) is 0 Å². The standard InChI is InChI=1S/C16H15ClO/c17-15-11-14(15)16(18,12-7-3-1-4-8-12)13-9-5-2-6-10-13/h1-10,14-15,18H,11H2. The summed E-state index contributed by atoms with van der Waals surface area (Å²) in [7, 11) is 0. The highest BCUT2D eigenvalue weighted by atomic mass is 35.5. The van der Waals surface area contributed by atoms with Gasteiger partial charge in [0.25, 0.3) is 0 Å². The van der Waals surface area contributed by atoms with Crippen molar-refractivity contribution >= 4 is 11.6 Å². The number of hydrogen-bond acceptors (Lipinski definition) is 1. The third-order valence-electron chi connectivity index (χ3n) is 3.68. The van der Waals surface area contributed by atoms with Crippen molar-refractivity contribution in [1.82, 2.24) is 0 Å². The Hall–Kier alpha value is -1.31. The number of rotatable bonds is 3. The second-order valence-corrected chi connectivity index (χ2v) is 5.42. The molecule has 0 saturated heterocycles. The fourth-order valence-electron chi connectivity index (χ4n) is 2.58. The highest BCUT2D eigenvalue weighted by Gasteiger charge is 2.53. The summed E-state index contributed by atoms with van der Waals surface area (Å²) >= 11 is 6.18. The van der Waals surface area contributed by atoms with Crippen LogP contribution in [-0.2, 0) is 5.60 Å². The number of aliphatic hydroxyl groups is 1. The maximum absolute atomic E-state index is 11.2. The van der Waals surface area contributed by atoms with E-state index in [9.17, 15) is 5.11 Å². The average molecular weight is 259 g/mol. The number of alkyl halides is 1. The summed E-state index contributed by atoms with van der Waals surface area (Å²) in [5.74, 6) is 0.101. The van der Waals surface area contributed by atoms with Crippen molar-refractivity contribution in [3.63, 3.8) is 0 Å². The molecule has 0 amide bonds. The summed E-state index contributed by atoms with van der Waals surface area (Å²) in [6, 6.07) is 19.6. The normalized spacial score (nSPS) is 22.8. The van der Waals surface area contributed by atoms with Crippen molar-refractivity contribution < 1.29 is 5.11 Å². The molecule has 2 atom stereocenters. The molecule has 2 heteroatoms. The molecule has 1 N–H and O–H groups in total. The topological polar surface area (TPSA) is 20.2 Å². The number of halogens is 1. The molecule has 1 aliphatic rings. The van der Waals surface area contributed by atoms with E-state index < -0.39 is 5.60 Å². The molecule has 3 rings (SSSR count). The molecule has 0 heterocycles. The molecule has 18 heavy (non-hydrogen) atoms. The van der Waals surface area contributed by atoms with Crippen LogP contribution in [0.3, 0.4) is 0 Å². The van der Waals surface area contributed by atoms with Crippen molar-refractivity contribution in [2.24, 2.45) is 5.92 Å². The second kappa shape index (κ2) is 4.42. The molecular formula is C16H15ClO. The fraction of sp³-hybridized carbons (Fsp3) is 0.250. The minimum atomic E-state index is -0.963. The first-order valence-corrected chi connectivity index (χ1v) is 6.64. The third kappa shape index (κ3) is 1.84. The molecule has 92 valence electrons. The monoisotopic (exact) mass is 258 g/mol. The highest BCUT2D eigenvalue weighted by Crippen LogP contribution is 2.52. The van der Waals surface area contributed by atoms with Gasteiger partial charge in [-0.3, -0.25) is 0 Å². The summed E-state index contributed by atoms with van der Waals surface area (Å²) in [6.45, 7) is 0. The van der Waals surface area contributed by atoms with E-state index in [0.29, 0.717) is 0 Å². The summed E-state index contributed by atoms with van der Waals surface area (Å²) in [4.78, 5) is 0. The zero-order chi connectivity index (χ0) is 12.6.